The first-order valence-corrected chi connectivity index (χ1v) is 6.95. The molecule has 2 N–H and O–H groups in total. The van der Waals surface area contributed by atoms with Crippen molar-refractivity contribution in [3.8, 4) is 0 Å². The molecule has 0 spiro atoms. The van der Waals surface area contributed by atoms with E-state index in [0.717, 1.165) is 25.9 Å². The Bertz CT molecular complexity index is 271. The molecule has 2 amide bonds. The number of amides is 2. The fraction of sp³-hybridized carbons (Fsp3) is 0.846. The van der Waals surface area contributed by atoms with Gasteiger partial charge in [-0.3, -0.25) is 9.59 Å². The van der Waals surface area contributed by atoms with E-state index in [9.17, 15) is 9.59 Å². The molecule has 104 valence electrons. The van der Waals surface area contributed by atoms with E-state index in [0.29, 0.717) is 25.9 Å². The zero-order valence-electron chi connectivity index (χ0n) is 11.5. The highest BCUT2D eigenvalue weighted by atomic mass is 16.2. The molecule has 0 unspecified atom stereocenters. The molecule has 1 saturated heterocycles. The van der Waals surface area contributed by atoms with Crippen molar-refractivity contribution < 1.29 is 9.59 Å². The molecule has 0 aliphatic carbocycles. The molecular formula is C13H25N3O2. The summed E-state index contributed by atoms with van der Waals surface area (Å²) in [6, 6.07) is 0.280. The Kier molecular flexibility index (Phi) is 6.72. The van der Waals surface area contributed by atoms with E-state index in [2.05, 4.69) is 10.6 Å². The molecule has 0 aromatic rings. The first-order chi connectivity index (χ1) is 8.67. The van der Waals surface area contributed by atoms with Crippen molar-refractivity contribution in [3.63, 3.8) is 0 Å². The van der Waals surface area contributed by atoms with Gasteiger partial charge in [0.2, 0.25) is 11.8 Å². The number of nitrogens with zero attached hydrogens (tertiary/aromatic N) is 1. The fourth-order valence-electron chi connectivity index (χ4n) is 2.22. The van der Waals surface area contributed by atoms with Gasteiger partial charge in [0.25, 0.3) is 0 Å². The average molecular weight is 255 g/mol. The summed E-state index contributed by atoms with van der Waals surface area (Å²) in [5, 5.41) is 6.26. The van der Waals surface area contributed by atoms with Crippen LogP contribution < -0.4 is 10.6 Å². The van der Waals surface area contributed by atoms with Crippen LogP contribution in [0.15, 0.2) is 0 Å². The smallest absolute Gasteiger partial charge is 0.223 e. The lowest BCUT2D eigenvalue weighted by Crippen LogP contribution is -2.43. The van der Waals surface area contributed by atoms with E-state index in [1.54, 1.807) is 4.90 Å². The van der Waals surface area contributed by atoms with Crippen LogP contribution in [0.2, 0.25) is 0 Å². The minimum Gasteiger partial charge on any atom is -0.353 e. The average Bonchev–Trinajstić information content (AvgIpc) is 2.39. The Morgan fingerprint density at radius 1 is 1.17 bits per heavy atom. The summed E-state index contributed by atoms with van der Waals surface area (Å²) in [6.45, 7) is 7.26. The molecule has 1 rings (SSSR count). The molecule has 5 nitrogen and oxygen atoms in total. The van der Waals surface area contributed by atoms with Gasteiger partial charge in [-0.05, 0) is 39.8 Å². The normalized spacial score (nSPS) is 16.3. The number of hydrogen-bond acceptors (Lipinski definition) is 3. The van der Waals surface area contributed by atoms with Crippen LogP contribution in [0.3, 0.4) is 0 Å². The molecule has 0 bridgehead atoms. The molecule has 1 fully saturated rings. The summed E-state index contributed by atoms with van der Waals surface area (Å²) in [5.74, 6) is 0.0721. The summed E-state index contributed by atoms with van der Waals surface area (Å²) in [7, 11) is 0. The van der Waals surface area contributed by atoms with Crippen LogP contribution in [0.4, 0.5) is 0 Å². The second kappa shape index (κ2) is 8.08. The van der Waals surface area contributed by atoms with Crippen molar-refractivity contribution in [3.05, 3.63) is 0 Å². The quantitative estimate of drug-likeness (QED) is 0.726. The van der Waals surface area contributed by atoms with E-state index < -0.39 is 0 Å². The summed E-state index contributed by atoms with van der Waals surface area (Å²) in [5.41, 5.74) is 0. The highest BCUT2D eigenvalue weighted by Gasteiger charge is 2.17. The van der Waals surface area contributed by atoms with Gasteiger partial charge in [-0.15, -0.1) is 0 Å². The maximum absolute atomic E-state index is 11.7. The zero-order chi connectivity index (χ0) is 13.4. The molecule has 1 aliphatic heterocycles. The molecule has 18 heavy (non-hydrogen) atoms. The first-order valence-electron chi connectivity index (χ1n) is 6.95. The van der Waals surface area contributed by atoms with Crippen molar-refractivity contribution in [1.29, 1.82) is 0 Å². The minimum atomic E-state index is 0.00223. The third-order valence-corrected chi connectivity index (χ3v) is 3.39. The van der Waals surface area contributed by atoms with Crippen molar-refractivity contribution in [2.45, 2.75) is 45.6 Å². The molecule has 1 heterocycles. The Hall–Kier alpha value is -1.10. The lowest BCUT2D eigenvalue weighted by molar-refractivity contribution is -0.133. The first kappa shape index (κ1) is 15.0. The van der Waals surface area contributed by atoms with Crippen molar-refractivity contribution >= 4 is 11.8 Å². The van der Waals surface area contributed by atoms with E-state index >= 15 is 0 Å². The largest absolute Gasteiger partial charge is 0.353 e. The number of nitrogens with one attached hydrogen (secondary N) is 2. The van der Waals surface area contributed by atoms with Gasteiger partial charge < -0.3 is 15.5 Å². The highest BCUT2D eigenvalue weighted by Crippen LogP contribution is 2.03. The molecule has 0 atom stereocenters. The maximum Gasteiger partial charge on any atom is 0.223 e. The Morgan fingerprint density at radius 2 is 1.78 bits per heavy atom. The lowest BCUT2D eigenvalue weighted by Gasteiger charge is -2.24. The van der Waals surface area contributed by atoms with Crippen molar-refractivity contribution in [2.75, 3.05) is 26.2 Å². The third kappa shape index (κ3) is 5.04. The van der Waals surface area contributed by atoms with Gasteiger partial charge in [0.1, 0.15) is 0 Å². The summed E-state index contributed by atoms with van der Waals surface area (Å²) in [4.78, 5) is 25.2. The van der Waals surface area contributed by atoms with E-state index in [1.165, 1.54) is 0 Å². The zero-order valence-corrected chi connectivity index (χ0v) is 11.5. The lowest BCUT2D eigenvalue weighted by atomic mass is 10.1. The topological polar surface area (TPSA) is 61.4 Å². The predicted octanol–water partition coefficient (Wildman–Crippen LogP) is 0.503. The fourth-order valence-corrected chi connectivity index (χ4v) is 2.22. The standard InChI is InChI=1S/C13H25N3O2/c1-3-16(4-2)13(18)6-5-12(17)15-11-7-9-14-10-8-11/h11,14H,3-10H2,1-2H3,(H,15,17). The van der Waals surface area contributed by atoms with Crippen LogP contribution in [0.25, 0.3) is 0 Å². The number of carbonyl (C=O) groups is 2. The van der Waals surface area contributed by atoms with Crippen molar-refractivity contribution in [2.24, 2.45) is 0 Å². The van der Waals surface area contributed by atoms with Gasteiger partial charge in [0.15, 0.2) is 0 Å². The predicted molar refractivity (Wildman–Crippen MR) is 71.2 cm³/mol. The molecule has 0 radical (unpaired) electrons. The van der Waals surface area contributed by atoms with Gasteiger partial charge >= 0.3 is 0 Å². The van der Waals surface area contributed by atoms with Crippen LogP contribution in [0.1, 0.15) is 39.5 Å². The van der Waals surface area contributed by atoms with Crippen LogP contribution in [0.5, 0.6) is 0 Å². The van der Waals surface area contributed by atoms with Gasteiger partial charge in [-0.2, -0.15) is 0 Å². The minimum absolute atomic E-state index is 0.00223. The summed E-state index contributed by atoms with van der Waals surface area (Å²) in [6.07, 6.45) is 2.59. The van der Waals surface area contributed by atoms with Crippen LogP contribution in [0, 0.1) is 0 Å². The van der Waals surface area contributed by atoms with E-state index in [4.69, 9.17) is 0 Å². The van der Waals surface area contributed by atoms with Gasteiger partial charge in [0, 0.05) is 32.0 Å². The highest BCUT2D eigenvalue weighted by molar-refractivity contribution is 5.83. The summed E-state index contributed by atoms with van der Waals surface area (Å²) < 4.78 is 0. The molecule has 1 aliphatic rings. The number of carbonyl (C=O) groups excluding carboxylic acids is 2. The Balaban J connectivity index is 2.21. The second-order valence-corrected chi connectivity index (χ2v) is 4.66. The third-order valence-electron chi connectivity index (χ3n) is 3.39. The van der Waals surface area contributed by atoms with Crippen molar-refractivity contribution in [1.82, 2.24) is 15.5 Å². The maximum atomic E-state index is 11.7. The second-order valence-electron chi connectivity index (χ2n) is 4.66. The molecule has 0 saturated carbocycles. The molecule has 5 heteroatoms. The Labute approximate surface area is 109 Å². The number of rotatable bonds is 6. The van der Waals surface area contributed by atoms with Crippen LogP contribution >= 0.6 is 0 Å². The van der Waals surface area contributed by atoms with E-state index in [1.807, 2.05) is 13.8 Å². The van der Waals surface area contributed by atoms with Crippen LogP contribution in [-0.2, 0) is 9.59 Å². The SMILES string of the molecule is CCN(CC)C(=O)CCC(=O)NC1CCNCC1. The van der Waals surface area contributed by atoms with E-state index in [-0.39, 0.29) is 17.9 Å². The number of hydrogen-bond donors (Lipinski definition) is 2. The molecular weight excluding hydrogens is 230 g/mol. The van der Waals surface area contributed by atoms with Gasteiger partial charge in [-0.25, -0.2) is 0 Å². The number of piperidine rings is 1. The van der Waals surface area contributed by atoms with Crippen LogP contribution in [-0.4, -0.2) is 48.9 Å². The Morgan fingerprint density at radius 3 is 2.33 bits per heavy atom. The molecule has 0 aromatic carbocycles. The summed E-state index contributed by atoms with van der Waals surface area (Å²) >= 11 is 0. The van der Waals surface area contributed by atoms with Gasteiger partial charge in [0.05, 0.1) is 0 Å². The van der Waals surface area contributed by atoms with Gasteiger partial charge in [-0.1, -0.05) is 0 Å². The monoisotopic (exact) mass is 255 g/mol. The molecule has 0 aromatic heterocycles.